The van der Waals surface area contributed by atoms with Crippen LogP contribution in [0.1, 0.15) is 11.3 Å². The van der Waals surface area contributed by atoms with Gasteiger partial charge in [0.15, 0.2) is 0 Å². The first kappa shape index (κ1) is 16.8. The van der Waals surface area contributed by atoms with Crippen LogP contribution in [0.25, 0.3) is 0 Å². The molecule has 0 atom stereocenters. The van der Waals surface area contributed by atoms with Crippen molar-refractivity contribution in [3.8, 4) is 11.6 Å². The molecule has 0 saturated carbocycles. The van der Waals surface area contributed by atoms with Gasteiger partial charge in [0.2, 0.25) is 11.8 Å². The van der Waals surface area contributed by atoms with Crippen molar-refractivity contribution in [3.05, 3.63) is 65.9 Å². The summed E-state index contributed by atoms with van der Waals surface area (Å²) in [7, 11) is 0. The quantitative estimate of drug-likeness (QED) is 0.741. The molecule has 0 aliphatic carbocycles. The van der Waals surface area contributed by atoms with Crippen LogP contribution in [0.2, 0.25) is 0 Å². The molecule has 0 fully saturated rings. The minimum absolute atomic E-state index is 0.146. The van der Waals surface area contributed by atoms with Crippen molar-refractivity contribution in [3.63, 3.8) is 0 Å². The molecule has 2 heterocycles. The lowest BCUT2D eigenvalue weighted by atomic mass is 10.1. The molecule has 2 amide bonds. The summed E-state index contributed by atoms with van der Waals surface area (Å²) in [5.74, 6) is 1.23. The van der Waals surface area contributed by atoms with Crippen molar-refractivity contribution >= 4 is 23.4 Å². The van der Waals surface area contributed by atoms with Gasteiger partial charge in [0.05, 0.1) is 0 Å². The number of ether oxygens (including phenoxy) is 1. The summed E-state index contributed by atoms with van der Waals surface area (Å²) in [6, 6.07) is 16.6. The highest BCUT2D eigenvalue weighted by Crippen LogP contribution is 2.33. The van der Waals surface area contributed by atoms with Crippen molar-refractivity contribution in [2.24, 2.45) is 0 Å². The molecule has 1 aliphatic heterocycles. The molecule has 0 spiro atoms. The fraction of sp³-hybridized carbons (Fsp3) is 0.150. The van der Waals surface area contributed by atoms with E-state index in [0.29, 0.717) is 18.2 Å². The molecule has 2 aromatic carbocycles. The minimum atomic E-state index is -0.146. The van der Waals surface area contributed by atoms with Crippen LogP contribution in [0.3, 0.4) is 0 Å². The summed E-state index contributed by atoms with van der Waals surface area (Å²) < 4.78 is 5.81. The van der Waals surface area contributed by atoms with Crippen LogP contribution >= 0.6 is 0 Å². The Morgan fingerprint density at radius 3 is 2.74 bits per heavy atom. The number of rotatable bonds is 3. The van der Waals surface area contributed by atoms with Gasteiger partial charge >= 0.3 is 6.03 Å². The number of aryl methyl sites for hydroxylation is 1. The molecule has 3 aromatic rings. The number of carbonyl (C=O) groups excluding carboxylic acids is 1. The third kappa shape index (κ3) is 3.67. The minimum Gasteiger partial charge on any atom is -0.439 e. The Kier molecular flexibility index (Phi) is 4.33. The smallest absolute Gasteiger partial charge is 0.326 e. The highest BCUT2D eigenvalue weighted by molar-refractivity contribution is 6.03. The van der Waals surface area contributed by atoms with Gasteiger partial charge < -0.3 is 15.8 Å². The zero-order valence-electron chi connectivity index (χ0n) is 14.8. The van der Waals surface area contributed by atoms with Gasteiger partial charge in [-0.25, -0.2) is 9.78 Å². The number of amides is 2. The average molecular weight is 361 g/mol. The normalized spacial score (nSPS) is 12.6. The Bertz CT molecular complexity index is 971. The van der Waals surface area contributed by atoms with Crippen molar-refractivity contribution < 1.29 is 9.53 Å². The van der Waals surface area contributed by atoms with Crippen LogP contribution in [-0.4, -0.2) is 22.5 Å². The first-order chi connectivity index (χ1) is 13.1. The molecule has 27 heavy (non-hydrogen) atoms. The van der Waals surface area contributed by atoms with E-state index in [1.807, 2.05) is 55.5 Å². The van der Waals surface area contributed by atoms with E-state index >= 15 is 0 Å². The van der Waals surface area contributed by atoms with Crippen LogP contribution in [0.15, 0.2) is 54.6 Å². The summed E-state index contributed by atoms with van der Waals surface area (Å²) in [6.07, 6.45) is 0.764. The number of anilines is 3. The Hall–Kier alpha value is -3.61. The number of aromatic nitrogens is 2. The van der Waals surface area contributed by atoms with Gasteiger partial charge in [-0.15, -0.1) is 0 Å². The number of urea groups is 1. The maximum atomic E-state index is 12.6. The van der Waals surface area contributed by atoms with Gasteiger partial charge in [-0.05, 0) is 49.2 Å². The number of hydrogen-bond acceptors (Lipinski definition) is 5. The van der Waals surface area contributed by atoms with E-state index in [1.165, 1.54) is 0 Å². The van der Waals surface area contributed by atoms with Crippen molar-refractivity contribution in [1.29, 1.82) is 0 Å². The molecule has 0 saturated heterocycles. The number of nitrogen functional groups attached to an aromatic ring is 1. The van der Waals surface area contributed by atoms with E-state index in [4.69, 9.17) is 10.5 Å². The van der Waals surface area contributed by atoms with Crippen LogP contribution in [-0.2, 0) is 6.42 Å². The molecule has 3 N–H and O–H groups in total. The second-order valence-corrected chi connectivity index (χ2v) is 6.30. The predicted octanol–water partition coefficient (Wildman–Crippen LogP) is 3.75. The Morgan fingerprint density at radius 1 is 1.15 bits per heavy atom. The number of para-hydroxylation sites is 1. The number of benzene rings is 2. The molecule has 7 nitrogen and oxygen atoms in total. The van der Waals surface area contributed by atoms with E-state index in [9.17, 15) is 4.79 Å². The van der Waals surface area contributed by atoms with E-state index in [2.05, 4.69) is 15.3 Å². The standard InChI is InChI=1S/C20H19N5O2/c1-13-11-18(24-19(21)22-13)27-16-7-8-17-14(12-16)9-10-25(17)20(26)23-15-5-3-2-4-6-15/h2-8,11-12H,9-10H2,1H3,(H,23,26)(H2,21,22,24). The van der Waals surface area contributed by atoms with Crippen LogP contribution in [0, 0.1) is 6.92 Å². The number of hydrogen-bond donors (Lipinski definition) is 2. The van der Waals surface area contributed by atoms with Crippen molar-refractivity contribution in [2.75, 3.05) is 22.5 Å². The summed E-state index contributed by atoms with van der Waals surface area (Å²) in [6.45, 7) is 2.45. The number of nitrogens with zero attached hydrogens (tertiary/aromatic N) is 3. The SMILES string of the molecule is Cc1cc(Oc2ccc3c(c2)CCN3C(=O)Nc2ccccc2)nc(N)n1. The zero-order chi connectivity index (χ0) is 18.8. The molecule has 7 heteroatoms. The number of fused-ring (bicyclic) bond motifs is 1. The van der Waals surface area contributed by atoms with Crippen LogP contribution < -0.4 is 20.7 Å². The van der Waals surface area contributed by atoms with Crippen molar-refractivity contribution in [1.82, 2.24) is 9.97 Å². The van der Waals surface area contributed by atoms with E-state index in [-0.39, 0.29) is 12.0 Å². The Balaban J connectivity index is 1.51. The predicted molar refractivity (Wildman–Crippen MR) is 104 cm³/mol. The average Bonchev–Trinajstić information content (AvgIpc) is 3.05. The highest BCUT2D eigenvalue weighted by Gasteiger charge is 2.25. The zero-order valence-corrected chi connectivity index (χ0v) is 14.8. The second-order valence-electron chi connectivity index (χ2n) is 6.30. The first-order valence-electron chi connectivity index (χ1n) is 8.64. The second kappa shape index (κ2) is 6.95. The summed E-state index contributed by atoms with van der Waals surface area (Å²) in [5.41, 5.74) is 9.11. The lowest BCUT2D eigenvalue weighted by Crippen LogP contribution is -2.33. The van der Waals surface area contributed by atoms with Crippen LogP contribution in [0.4, 0.5) is 22.1 Å². The summed E-state index contributed by atoms with van der Waals surface area (Å²) in [5, 5.41) is 2.92. The highest BCUT2D eigenvalue weighted by atomic mass is 16.5. The monoisotopic (exact) mass is 361 g/mol. The Labute approximate surface area is 156 Å². The van der Waals surface area contributed by atoms with E-state index in [0.717, 1.165) is 29.1 Å². The fourth-order valence-electron chi connectivity index (χ4n) is 3.10. The maximum Gasteiger partial charge on any atom is 0.326 e. The molecular weight excluding hydrogens is 342 g/mol. The summed E-state index contributed by atoms with van der Waals surface area (Å²) >= 11 is 0. The first-order valence-corrected chi connectivity index (χ1v) is 8.64. The molecule has 0 radical (unpaired) electrons. The molecule has 1 aromatic heterocycles. The summed E-state index contributed by atoms with van der Waals surface area (Å²) in [4.78, 5) is 22.4. The third-order valence-electron chi connectivity index (χ3n) is 4.29. The lowest BCUT2D eigenvalue weighted by Gasteiger charge is -2.18. The molecule has 136 valence electrons. The molecule has 0 bridgehead atoms. The molecule has 0 unspecified atom stereocenters. The van der Waals surface area contributed by atoms with Gasteiger partial charge in [0.1, 0.15) is 5.75 Å². The van der Waals surface area contributed by atoms with Gasteiger partial charge in [0.25, 0.3) is 0 Å². The van der Waals surface area contributed by atoms with Crippen molar-refractivity contribution in [2.45, 2.75) is 13.3 Å². The number of carbonyl (C=O) groups is 1. The van der Waals surface area contributed by atoms with E-state index in [1.54, 1.807) is 11.0 Å². The van der Waals surface area contributed by atoms with Gasteiger partial charge in [-0.1, -0.05) is 18.2 Å². The van der Waals surface area contributed by atoms with Crippen LogP contribution in [0.5, 0.6) is 11.6 Å². The topological polar surface area (TPSA) is 93.4 Å². The Morgan fingerprint density at radius 2 is 1.96 bits per heavy atom. The number of nitrogens with two attached hydrogens (primary N) is 1. The maximum absolute atomic E-state index is 12.6. The molecule has 1 aliphatic rings. The largest absolute Gasteiger partial charge is 0.439 e. The van der Waals surface area contributed by atoms with E-state index < -0.39 is 0 Å². The lowest BCUT2D eigenvalue weighted by molar-refractivity contribution is 0.257. The molecular formula is C20H19N5O2. The van der Waals surface area contributed by atoms with Gasteiger partial charge in [-0.3, -0.25) is 4.90 Å². The fourth-order valence-corrected chi connectivity index (χ4v) is 3.10. The van der Waals surface area contributed by atoms with Gasteiger partial charge in [0, 0.05) is 29.7 Å². The number of nitrogens with one attached hydrogen (secondary N) is 1. The van der Waals surface area contributed by atoms with Gasteiger partial charge in [-0.2, -0.15) is 4.98 Å². The third-order valence-corrected chi connectivity index (χ3v) is 4.29. The molecule has 4 rings (SSSR count).